The highest BCUT2D eigenvalue weighted by Crippen LogP contribution is 2.08. The molecule has 5 nitrogen and oxygen atoms in total. The first kappa shape index (κ1) is 13.5. The summed E-state index contributed by atoms with van der Waals surface area (Å²) in [6.45, 7) is 4.78. The van der Waals surface area contributed by atoms with Crippen LogP contribution in [0.25, 0.3) is 0 Å². The Kier molecular flexibility index (Phi) is 4.92. The number of hydrogen-bond donors (Lipinski definition) is 1. The van der Waals surface area contributed by atoms with Gasteiger partial charge in [-0.15, -0.1) is 0 Å². The second-order valence-corrected chi connectivity index (χ2v) is 4.39. The normalized spacial score (nSPS) is 10.6. The maximum atomic E-state index is 5.11. The van der Waals surface area contributed by atoms with Crippen molar-refractivity contribution in [3.63, 3.8) is 0 Å². The van der Waals surface area contributed by atoms with Crippen LogP contribution in [-0.2, 0) is 19.6 Å². The SMILES string of the molecule is CCCn1cncc1CNCc1ccnc(OC)c1. The molecular weight excluding hydrogens is 240 g/mol. The average molecular weight is 260 g/mol. The molecule has 2 rings (SSSR count). The molecule has 0 saturated carbocycles. The molecule has 2 aromatic heterocycles. The molecule has 19 heavy (non-hydrogen) atoms. The Morgan fingerprint density at radius 3 is 3.05 bits per heavy atom. The zero-order valence-electron chi connectivity index (χ0n) is 11.5. The maximum absolute atomic E-state index is 5.11. The zero-order valence-corrected chi connectivity index (χ0v) is 11.5. The van der Waals surface area contributed by atoms with Gasteiger partial charge in [0.05, 0.1) is 19.1 Å². The number of ether oxygens (including phenoxy) is 1. The Labute approximate surface area is 113 Å². The Morgan fingerprint density at radius 1 is 1.37 bits per heavy atom. The second-order valence-electron chi connectivity index (χ2n) is 4.39. The first-order valence-corrected chi connectivity index (χ1v) is 6.52. The molecule has 2 heterocycles. The standard InChI is InChI=1S/C14H20N4O/c1-3-6-18-11-16-10-13(18)9-15-8-12-4-5-17-14(7-12)19-2/h4-5,7,10-11,15H,3,6,8-9H2,1-2H3. The van der Waals surface area contributed by atoms with E-state index in [9.17, 15) is 0 Å². The highest BCUT2D eigenvalue weighted by atomic mass is 16.5. The smallest absolute Gasteiger partial charge is 0.213 e. The van der Waals surface area contributed by atoms with E-state index in [4.69, 9.17) is 4.74 Å². The summed E-state index contributed by atoms with van der Waals surface area (Å²) in [6, 6.07) is 3.93. The first-order valence-electron chi connectivity index (χ1n) is 6.52. The van der Waals surface area contributed by atoms with Crippen molar-refractivity contribution in [2.75, 3.05) is 7.11 Å². The number of methoxy groups -OCH3 is 1. The molecule has 0 spiro atoms. The second kappa shape index (κ2) is 6.89. The Balaban J connectivity index is 1.87. The van der Waals surface area contributed by atoms with Gasteiger partial charge in [0.25, 0.3) is 0 Å². The number of nitrogens with zero attached hydrogens (tertiary/aromatic N) is 3. The monoisotopic (exact) mass is 260 g/mol. The van der Waals surface area contributed by atoms with E-state index in [1.807, 2.05) is 24.7 Å². The third-order valence-electron chi connectivity index (χ3n) is 2.91. The van der Waals surface area contributed by atoms with Gasteiger partial charge in [-0.3, -0.25) is 0 Å². The predicted molar refractivity (Wildman–Crippen MR) is 73.9 cm³/mol. The van der Waals surface area contributed by atoms with E-state index >= 15 is 0 Å². The van der Waals surface area contributed by atoms with Gasteiger partial charge in [0.15, 0.2) is 0 Å². The van der Waals surface area contributed by atoms with E-state index < -0.39 is 0 Å². The molecule has 0 aliphatic rings. The minimum Gasteiger partial charge on any atom is -0.481 e. The highest BCUT2D eigenvalue weighted by Gasteiger charge is 2.01. The van der Waals surface area contributed by atoms with Gasteiger partial charge in [0.1, 0.15) is 0 Å². The van der Waals surface area contributed by atoms with Crippen LogP contribution in [0.5, 0.6) is 5.88 Å². The minimum absolute atomic E-state index is 0.648. The van der Waals surface area contributed by atoms with E-state index in [1.54, 1.807) is 13.3 Å². The lowest BCUT2D eigenvalue weighted by Gasteiger charge is -2.08. The molecule has 0 unspecified atom stereocenters. The van der Waals surface area contributed by atoms with Gasteiger partial charge in [-0.2, -0.15) is 0 Å². The number of aromatic nitrogens is 3. The van der Waals surface area contributed by atoms with Crippen LogP contribution in [-0.4, -0.2) is 21.6 Å². The predicted octanol–water partition coefficient (Wildman–Crippen LogP) is 1.99. The molecule has 5 heteroatoms. The van der Waals surface area contributed by atoms with Crippen LogP contribution in [0.2, 0.25) is 0 Å². The van der Waals surface area contributed by atoms with Crippen molar-refractivity contribution in [1.29, 1.82) is 0 Å². The van der Waals surface area contributed by atoms with Gasteiger partial charge in [-0.05, 0) is 18.1 Å². The summed E-state index contributed by atoms with van der Waals surface area (Å²) in [5.41, 5.74) is 2.37. The number of imidazole rings is 1. The van der Waals surface area contributed by atoms with Crippen LogP contribution in [0.4, 0.5) is 0 Å². The summed E-state index contributed by atoms with van der Waals surface area (Å²) >= 11 is 0. The van der Waals surface area contributed by atoms with Crippen molar-refractivity contribution in [2.24, 2.45) is 0 Å². The van der Waals surface area contributed by atoms with Gasteiger partial charge < -0.3 is 14.6 Å². The van der Waals surface area contributed by atoms with Crippen LogP contribution >= 0.6 is 0 Å². The van der Waals surface area contributed by atoms with Crippen molar-refractivity contribution in [2.45, 2.75) is 33.0 Å². The van der Waals surface area contributed by atoms with Gasteiger partial charge in [0, 0.05) is 38.1 Å². The number of nitrogens with one attached hydrogen (secondary N) is 1. The summed E-state index contributed by atoms with van der Waals surface area (Å²) in [4.78, 5) is 8.28. The fourth-order valence-corrected chi connectivity index (χ4v) is 1.94. The summed E-state index contributed by atoms with van der Waals surface area (Å²) in [5.74, 6) is 0.648. The molecule has 0 radical (unpaired) electrons. The van der Waals surface area contributed by atoms with Crippen LogP contribution in [0.1, 0.15) is 24.6 Å². The molecule has 102 valence electrons. The van der Waals surface area contributed by atoms with Gasteiger partial charge in [-0.25, -0.2) is 9.97 Å². The molecular formula is C14H20N4O. The Morgan fingerprint density at radius 2 is 2.26 bits per heavy atom. The van der Waals surface area contributed by atoms with E-state index in [0.717, 1.165) is 31.6 Å². The summed E-state index contributed by atoms with van der Waals surface area (Å²) in [6.07, 6.45) is 6.67. The fourth-order valence-electron chi connectivity index (χ4n) is 1.94. The molecule has 1 N–H and O–H groups in total. The van der Waals surface area contributed by atoms with Crippen molar-refractivity contribution < 1.29 is 4.74 Å². The van der Waals surface area contributed by atoms with Crippen LogP contribution in [0.3, 0.4) is 0 Å². The zero-order chi connectivity index (χ0) is 13.5. The van der Waals surface area contributed by atoms with E-state index in [1.165, 1.54) is 5.69 Å². The largest absolute Gasteiger partial charge is 0.481 e. The number of rotatable bonds is 7. The third-order valence-corrected chi connectivity index (χ3v) is 2.91. The van der Waals surface area contributed by atoms with Crippen molar-refractivity contribution in [3.05, 3.63) is 42.1 Å². The lowest BCUT2D eigenvalue weighted by Crippen LogP contribution is -2.15. The summed E-state index contributed by atoms with van der Waals surface area (Å²) in [7, 11) is 1.63. The highest BCUT2D eigenvalue weighted by molar-refractivity contribution is 5.20. The van der Waals surface area contributed by atoms with Crippen LogP contribution in [0.15, 0.2) is 30.9 Å². The maximum Gasteiger partial charge on any atom is 0.213 e. The van der Waals surface area contributed by atoms with Gasteiger partial charge in [0.2, 0.25) is 5.88 Å². The minimum atomic E-state index is 0.648. The van der Waals surface area contributed by atoms with Crippen molar-refractivity contribution >= 4 is 0 Å². The van der Waals surface area contributed by atoms with Crippen LogP contribution in [0, 0.1) is 0 Å². The molecule has 0 aliphatic heterocycles. The Hall–Kier alpha value is -1.88. The lowest BCUT2D eigenvalue weighted by molar-refractivity contribution is 0.397. The third kappa shape index (κ3) is 3.79. The molecule has 0 saturated heterocycles. The fraction of sp³-hybridized carbons (Fsp3) is 0.429. The van der Waals surface area contributed by atoms with Crippen molar-refractivity contribution in [1.82, 2.24) is 19.9 Å². The van der Waals surface area contributed by atoms with Crippen molar-refractivity contribution in [3.8, 4) is 5.88 Å². The first-order chi connectivity index (χ1) is 9.33. The summed E-state index contributed by atoms with van der Waals surface area (Å²) < 4.78 is 7.29. The lowest BCUT2D eigenvalue weighted by atomic mass is 10.2. The Bertz CT molecular complexity index is 510. The molecule has 0 aliphatic carbocycles. The molecule has 0 atom stereocenters. The summed E-state index contributed by atoms with van der Waals surface area (Å²) in [5, 5.41) is 3.41. The number of hydrogen-bond acceptors (Lipinski definition) is 4. The molecule has 2 aromatic rings. The van der Waals surface area contributed by atoms with Gasteiger partial charge in [-0.1, -0.05) is 6.92 Å². The van der Waals surface area contributed by atoms with E-state index in [0.29, 0.717) is 5.88 Å². The van der Waals surface area contributed by atoms with Crippen LogP contribution < -0.4 is 10.1 Å². The quantitative estimate of drug-likeness (QED) is 0.827. The average Bonchev–Trinajstić information content (AvgIpc) is 2.87. The number of pyridine rings is 1. The molecule has 0 bridgehead atoms. The molecule has 0 fully saturated rings. The van der Waals surface area contributed by atoms with E-state index in [2.05, 4.69) is 26.8 Å². The molecule has 0 amide bonds. The van der Waals surface area contributed by atoms with E-state index in [-0.39, 0.29) is 0 Å². The van der Waals surface area contributed by atoms with Gasteiger partial charge >= 0.3 is 0 Å². The number of aryl methyl sites for hydroxylation is 1. The molecule has 0 aromatic carbocycles. The topological polar surface area (TPSA) is 52.0 Å².